The molecule has 4 aromatic rings. The Bertz CT molecular complexity index is 1350. The number of aromatic nitrogens is 5. The highest BCUT2D eigenvalue weighted by Gasteiger charge is 2.44. The molecule has 0 saturated heterocycles. The minimum Gasteiger partial charge on any atom is -0.481 e. The third-order valence-corrected chi connectivity index (χ3v) is 5.85. The summed E-state index contributed by atoms with van der Waals surface area (Å²) >= 11 is 0. The first-order chi connectivity index (χ1) is 15.4. The number of amides is 1. The van der Waals surface area contributed by atoms with E-state index in [0.29, 0.717) is 23.2 Å². The lowest BCUT2D eigenvalue weighted by molar-refractivity contribution is -0.117. The van der Waals surface area contributed by atoms with Gasteiger partial charge in [-0.25, -0.2) is 15.0 Å². The molecule has 1 aliphatic carbocycles. The van der Waals surface area contributed by atoms with Crippen molar-refractivity contribution in [2.45, 2.75) is 19.3 Å². The van der Waals surface area contributed by atoms with Crippen molar-refractivity contribution in [3.63, 3.8) is 0 Å². The normalized spacial score (nSPS) is 17.3. The van der Waals surface area contributed by atoms with Gasteiger partial charge in [0.2, 0.25) is 11.8 Å². The molecule has 9 nitrogen and oxygen atoms in total. The Morgan fingerprint density at radius 2 is 2.06 bits per heavy atom. The summed E-state index contributed by atoms with van der Waals surface area (Å²) in [7, 11) is 3.45. The SMILES string of the molecule is COc1cc(C)c(-c2cc3cc(NC(=O)[C@@H]4C[C@H]4c4cnn(C)c4)ncc3c(N)n2)cn1. The fourth-order valence-corrected chi connectivity index (χ4v) is 3.99. The maximum atomic E-state index is 12.7. The zero-order valence-electron chi connectivity index (χ0n) is 18.0. The molecule has 2 atom stereocenters. The molecular formula is C23H23N7O2. The van der Waals surface area contributed by atoms with Crippen molar-refractivity contribution < 1.29 is 9.53 Å². The summed E-state index contributed by atoms with van der Waals surface area (Å²) in [4.78, 5) is 25.9. The van der Waals surface area contributed by atoms with Gasteiger partial charge in [-0.3, -0.25) is 9.48 Å². The molecule has 0 aliphatic heterocycles. The Hall–Kier alpha value is -4.01. The molecule has 162 valence electrons. The van der Waals surface area contributed by atoms with Crippen LogP contribution in [0, 0.1) is 12.8 Å². The van der Waals surface area contributed by atoms with E-state index >= 15 is 0 Å². The van der Waals surface area contributed by atoms with E-state index in [4.69, 9.17) is 10.5 Å². The predicted octanol–water partition coefficient (Wildman–Crippen LogP) is 3.07. The van der Waals surface area contributed by atoms with E-state index in [2.05, 4.69) is 25.4 Å². The lowest BCUT2D eigenvalue weighted by Crippen LogP contribution is -2.15. The van der Waals surface area contributed by atoms with Crippen LogP contribution in [0.3, 0.4) is 0 Å². The van der Waals surface area contributed by atoms with Crippen molar-refractivity contribution in [1.82, 2.24) is 24.7 Å². The molecule has 4 heterocycles. The maximum absolute atomic E-state index is 12.7. The highest BCUT2D eigenvalue weighted by molar-refractivity contribution is 5.98. The first-order valence-electron chi connectivity index (χ1n) is 10.3. The number of rotatable bonds is 5. The minimum absolute atomic E-state index is 0.0387. The molecule has 9 heteroatoms. The number of nitrogens with zero attached hydrogens (tertiary/aromatic N) is 5. The number of anilines is 2. The number of carbonyl (C=O) groups is 1. The Labute approximate surface area is 184 Å². The molecule has 32 heavy (non-hydrogen) atoms. The van der Waals surface area contributed by atoms with Crippen molar-refractivity contribution >= 4 is 28.3 Å². The summed E-state index contributed by atoms with van der Waals surface area (Å²) in [5, 5.41) is 8.70. The number of pyridine rings is 3. The standard InChI is InChI=1S/C23H23N7O2/c1-12-4-21(32-3)26-9-17(12)19-5-13-6-20(25-10-18(13)22(24)28-19)29-23(31)16-7-15(16)14-8-27-30(2)11-14/h4-6,8-11,15-16H,7H2,1-3H3,(H2,24,28)(H,25,29,31)/t15-,16+/m0/s1. The number of hydrogen-bond donors (Lipinski definition) is 2. The van der Waals surface area contributed by atoms with Crippen molar-refractivity contribution in [3.05, 3.63) is 54.1 Å². The second kappa shape index (κ2) is 7.60. The number of hydrogen-bond acceptors (Lipinski definition) is 7. The smallest absolute Gasteiger partial charge is 0.229 e. The van der Waals surface area contributed by atoms with Gasteiger partial charge in [0.15, 0.2) is 0 Å². The van der Waals surface area contributed by atoms with Gasteiger partial charge in [0.1, 0.15) is 11.6 Å². The van der Waals surface area contributed by atoms with Gasteiger partial charge in [-0.2, -0.15) is 5.10 Å². The number of fused-ring (bicyclic) bond motifs is 1. The lowest BCUT2D eigenvalue weighted by atomic mass is 10.1. The van der Waals surface area contributed by atoms with Crippen LogP contribution in [0.2, 0.25) is 0 Å². The Balaban J connectivity index is 1.40. The molecule has 0 spiro atoms. The van der Waals surface area contributed by atoms with E-state index in [0.717, 1.165) is 33.9 Å². The van der Waals surface area contributed by atoms with Gasteiger partial charge in [-0.15, -0.1) is 0 Å². The molecular weight excluding hydrogens is 406 g/mol. The second-order valence-electron chi connectivity index (χ2n) is 8.11. The highest BCUT2D eigenvalue weighted by Crippen LogP contribution is 2.47. The largest absolute Gasteiger partial charge is 0.481 e. The monoisotopic (exact) mass is 429 g/mol. The molecule has 0 aromatic carbocycles. The molecule has 0 bridgehead atoms. The van der Waals surface area contributed by atoms with Crippen molar-refractivity contribution in [1.29, 1.82) is 0 Å². The lowest BCUT2D eigenvalue weighted by Gasteiger charge is -2.11. The summed E-state index contributed by atoms with van der Waals surface area (Å²) in [6, 6.07) is 5.60. The van der Waals surface area contributed by atoms with Crippen LogP contribution in [0.15, 0.2) is 43.0 Å². The quantitative estimate of drug-likeness (QED) is 0.500. The molecule has 1 amide bonds. The summed E-state index contributed by atoms with van der Waals surface area (Å²) in [6.45, 7) is 1.97. The molecule has 5 rings (SSSR count). The van der Waals surface area contributed by atoms with E-state index in [1.165, 1.54) is 0 Å². The second-order valence-corrected chi connectivity index (χ2v) is 8.11. The third-order valence-electron chi connectivity index (χ3n) is 5.85. The Kier molecular flexibility index (Phi) is 4.73. The number of methoxy groups -OCH3 is 1. The number of carbonyl (C=O) groups excluding carboxylic acids is 1. The summed E-state index contributed by atoms with van der Waals surface area (Å²) in [6.07, 6.45) is 7.95. The Morgan fingerprint density at radius 3 is 2.78 bits per heavy atom. The van der Waals surface area contributed by atoms with E-state index in [9.17, 15) is 4.79 Å². The van der Waals surface area contributed by atoms with E-state index in [1.54, 1.807) is 24.2 Å². The van der Waals surface area contributed by atoms with Gasteiger partial charge >= 0.3 is 0 Å². The van der Waals surface area contributed by atoms with Gasteiger partial charge in [-0.05, 0) is 47.9 Å². The van der Waals surface area contributed by atoms with Crippen LogP contribution < -0.4 is 15.8 Å². The molecule has 0 unspecified atom stereocenters. The predicted molar refractivity (Wildman–Crippen MR) is 121 cm³/mol. The van der Waals surface area contributed by atoms with Crippen LogP contribution in [-0.4, -0.2) is 37.7 Å². The zero-order valence-corrected chi connectivity index (χ0v) is 18.0. The molecule has 4 aromatic heterocycles. The number of nitrogens with two attached hydrogens (primary N) is 1. The molecule has 1 fully saturated rings. The number of nitrogen functional groups attached to an aromatic ring is 1. The Morgan fingerprint density at radius 1 is 1.22 bits per heavy atom. The zero-order chi connectivity index (χ0) is 22.4. The van der Waals surface area contributed by atoms with Crippen molar-refractivity contribution in [3.8, 4) is 17.1 Å². The molecule has 1 aliphatic rings. The maximum Gasteiger partial charge on any atom is 0.229 e. The van der Waals surface area contributed by atoms with Gasteiger partial charge < -0.3 is 15.8 Å². The number of nitrogens with one attached hydrogen (secondary N) is 1. The van der Waals surface area contributed by atoms with Crippen molar-refractivity contribution in [2.24, 2.45) is 13.0 Å². The average Bonchev–Trinajstić information content (AvgIpc) is 3.46. The number of aryl methyl sites for hydroxylation is 2. The number of ether oxygens (including phenoxy) is 1. The average molecular weight is 429 g/mol. The van der Waals surface area contributed by atoms with Crippen LogP contribution in [0.25, 0.3) is 22.0 Å². The van der Waals surface area contributed by atoms with E-state index in [-0.39, 0.29) is 17.7 Å². The first-order valence-corrected chi connectivity index (χ1v) is 10.3. The van der Waals surface area contributed by atoms with Gasteiger partial charge in [-0.1, -0.05) is 0 Å². The van der Waals surface area contributed by atoms with Gasteiger partial charge in [0, 0.05) is 48.6 Å². The van der Waals surface area contributed by atoms with E-state index in [1.807, 2.05) is 44.6 Å². The molecule has 0 radical (unpaired) electrons. The van der Waals surface area contributed by atoms with Gasteiger partial charge in [0.05, 0.1) is 19.0 Å². The van der Waals surface area contributed by atoms with Crippen LogP contribution in [0.4, 0.5) is 11.6 Å². The van der Waals surface area contributed by atoms with E-state index < -0.39 is 0 Å². The van der Waals surface area contributed by atoms with Crippen LogP contribution in [-0.2, 0) is 11.8 Å². The summed E-state index contributed by atoms with van der Waals surface area (Å²) in [5.74, 6) is 1.50. The topological polar surface area (TPSA) is 121 Å². The first kappa shape index (κ1) is 19.9. The fraction of sp³-hybridized carbons (Fsp3) is 0.261. The highest BCUT2D eigenvalue weighted by atomic mass is 16.5. The summed E-state index contributed by atoms with van der Waals surface area (Å²) in [5.41, 5.74) is 9.82. The van der Waals surface area contributed by atoms with Crippen LogP contribution in [0.5, 0.6) is 5.88 Å². The van der Waals surface area contributed by atoms with Crippen LogP contribution >= 0.6 is 0 Å². The van der Waals surface area contributed by atoms with Crippen LogP contribution in [0.1, 0.15) is 23.5 Å². The minimum atomic E-state index is -0.0669. The fourth-order valence-electron chi connectivity index (χ4n) is 3.99. The summed E-state index contributed by atoms with van der Waals surface area (Å²) < 4.78 is 6.94. The molecule has 1 saturated carbocycles. The third kappa shape index (κ3) is 3.62. The van der Waals surface area contributed by atoms with Crippen molar-refractivity contribution in [2.75, 3.05) is 18.2 Å². The molecule has 3 N–H and O–H groups in total. The van der Waals surface area contributed by atoms with Gasteiger partial charge in [0.25, 0.3) is 0 Å².